The largest absolute Gasteiger partial charge is 0.358 e. The summed E-state index contributed by atoms with van der Waals surface area (Å²) in [5.74, 6) is 1.48. The molecular weight excluding hydrogens is 142 g/mol. The van der Waals surface area contributed by atoms with Crippen LogP contribution in [0.25, 0.3) is 0 Å². The Kier molecular flexibility index (Phi) is 2.30. The summed E-state index contributed by atoms with van der Waals surface area (Å²) < 4.78 is 0. The molecule has 0 aliphatic heterocycles. The lowest BCUT2D eigenvalue weighted by molar-refractivity contribution is 0.905. The van der Waals surface area contributed by atoms with Crippen LogP contribution < -0.4 is 10.2 Å². The Balaban J connectivity index is 2.71. The van der Waals surface area contributed by atoms with Gasteiger partial charge in [0.2, 0.25) is 11.9 Å². The third-order valence-corrected chi connectivity index (χ3v) is 1.55. The SMILES string of the molecule is CCN(C)c1nnc(NC)[nH]1. The van der Waals surface area contributed by atoms with Crippen LogP contribution in [-0.4, -0.2) is 35.8 Å². The molecule has 0 amide bonds. The van der Waals surface area contributed by atoms with Crippen LogP contribution in [0, 0.1) is 0 Å². The molecule has 0 spiro atoms. The molecule has 0 unspecified atom stereocenters. The minimum atomic E-state index is 0.695. The zero-order chi connectivity index (χ0) is 8.27. The quantitative estimate of drug-likeness (QED) is 0.659. The fourth-order valence-electron chi connectivity index (χ4n) is 0.687. The second-order valence-corrected chi connectivity index (χ2v) is 2.26. The summed E-state index contributed by atoms with van der Waals surface area (Å²) in [6.45, 7) is 2.97. The number of nitrogens with one attached hydrogen (secondary N) is 2. The van der Waals surface area contributed by atoms with Crippen molar-refractivity contribution in [3.05, 3.63) is 0 Å². The Labute approximate surface area is 65.8 Å². The number of nitrogens with zero attached hydrogens (tertiary/aromatic N) is 3. The summed E-state index contributed by atoms with van der Waals surface area (Å²) in [5, 5.41) is 10.6. The fraction of sp³-hybridized carbons (Fsp3) is 0.667. The second-order valence-electron chi connectivity index (χ2n) is 2.26. The van der Waals surface area contributed by atoms with Crippen molar-refractivity contribution in [3.63, 3.8) is 0 Å². The maximum atomic E-state index is 3.92. The van der Waals surface area contributed by atoms with Crippen LogP contribution in [0.1, 0.15) is 6.92 Å². The minimum absolute atomic E-state index is 0.695. The van der Waals surface area contributed by atoms with E-state index in [0.717, 1.165) is 12.5 Å². The van der Waals surface area contributed by atoms with Gasteiger partial charge in [0.25, 0.3) is 0 Å². The van der Waals surface area contributed by atoms with Crippen molar-refractivity contribution in [2.75, 3.05) is 30.9 Å². The Morgan fingerprint density at radius 3 is 2.73 bits per heavy atom. The van der Waals surface area contributed by atoms with Gasteiger partial charge in [-0.1, -0.05) is 0 Å². The van der Waals surface area contributed by atoms with Crippen molar-refractivity contribution in [2.45, 2.75) is 6.92 Å². The fourth-order valence-corrected chi connectivity index (χ4v) is 0.687. The number of H-pyrrole nitrogens is 1. The van der Waals surface area contributed by atoms with Gasteiger partial charge in [0.15, 0.2) is 0 Å². The van der Waals surface area contributed by atoms with Gasteiger partial charge < -0.3 is 10.2 Å². The number of hydrogen-bond donors (Lipinski definition) is 2. The number of aromatic nitrogens is 3. The van der Waals surface area contributed by atoms with Gasteiger partial charge >= 0.3 is 0 Å². The first-order chi connectivity index (χ1) is 5.27. The molecule has 0 bridgehead atoms. The van der Waals surface area contributed by atoms with E-state index in [-0.39, 0.29) is 0 Å². The van der Waals surface area contributed by atoms with Gasteiger partial charge in [-0.3, -0.25) is 4.98 Å². The average Bonchev–Trinajstić information content (AvgIpc) is 2.50. The lowest BCUT2D eigenvalue weighted by atomic mass is 10.6. The molecule has 1 rings (SSSR count). The van der Waals surface area contributed by atoms with Crippen molar-refractivity contribution < 1.29 is 0 Å². The molecule has 1 heterocycles. The van der Waals surface area contributed by atoms with E-state index in [4.69, 9.17) is 0 Å². The summed E-state index contributed by atoms with van der Waals surface area (Å²) >= 11 is 0. The molecule has 1 aromatic heterocycles. The monoisotopic (exact) mass is 155 g/mol. The first-order valence-corrected chi connectivity index (χ1v) is 3.59. The highest BCUT2D eigenvalue weighted by Gasteiger charge is 2.02. The molecule has 5 heteroatoms. The van der Waals surface area contributed by atoms with Crippen LogP contribution >= 0.6 is 0 Å². The van der Waals surface area contributed by atoms with E-state index in [2.05, 4.69) is 27.4 Å². The zero-order valence-electron chi connectivity index (χ0n) is 7.05. The van der Waals surface area contributed by atoms with E-state index in [1.54, 1.807) is 7.05 Å². The Morgan fingerprint density at radius 1 is 1.55 bits per heavy atom. The first-order valence-electron chi connectivity index (χ1n) is 3.59. The van der Waals surface area contributed by atoms with Crippen LogP contribution in [-0.2, 0) is 0 Å². The van der Waals surface area contributed by atoms with Crippen LogP contribution in [0.4, 0.5) is 11.9 Å². The standard InChI is InChI=1S/C6H13N5/c1-4-11(3)6-8-5(7-2)9-10-6/h4H2,1-3H3,(H2,7,8,9,10). The van der Waals surface area contributed by atoms with Gasteiger partial charge in [0, 0.05) is 20.6 Å². The van der Waals surface area contributed by atoms with E-state index in [9.17, 15) is 0 Å². The summed E-state index contributed by atoms with van der Waals surface area (Å²) in [7, 11) is 3.76. The first kappa shape index (κ1) is 7.84. The molecular formula is C6H13N5. The zero-order valence-corrected chi connectivity index (χ0v) is 7.05. The Hall–Kier alpha value is -1.26. The van der Waals surface area contributed by atoms with Gasteiger partial charge in [-0.25, -0.2) is 0 Å². The number of rotatable bonds is 3. The van der Waals surface area contributed by atoms with Gasteiger partial charge in [-0.15, -0.1) is 10.2 Å². The van der Waals surface area contributed by atoms with Gasteiger partial charge in [0.05, 0.1) is 0 Å². The predicted molar refractivity (Wildman–Crippen MR) is 44.9 cm³/mol. The van der Waals surface area contributed by atoms with Gasteiger partial charge in [0.1, 0.15) is 0 Å². The van der Waals surface area contributed by atoms with E-state index in [1.165, 1.54) is 0 Å². The van der Waals surface area contributed by atoms with Crippen LogP contribution in [0.3, 0.4) is 0 Å². The minimum Gasteiger partial charge on any atom is -0.358 e. The third-order valence-electron chi connectivity index (χ3n) is 1.55. The molecule has 2 N–H and O–H groups in total. The number of aromatic amines is 1. The van der Waals surface area contributed by atoms with Gasteiger partial charge in [-0.05, 0) is 6.92 Å². The number of anilines is 2. The predicted octanol–water partition coefficient (Wildman–Crippen LogP) is 0.302. The normalized spacial score (nSPS) is 9.73. The van der Waals surface area contributed by atoms with Crippen LogP contribution in [0.5, 0.6) is 0 Å². The van der Waals surface area contributed by atoms with E-state index < -0.39 is 0 Å². The van der Waals surface area contributed by atoms with Crippen molar-refractivity contribution in [1.82, 2.24) is 15.2 Å². The van der Waals surface area contributed by atoms with Crippen LogP contribution in [0.15, 0.2) is 0 Å². The highest BCUT2D eigenvalue weighted by molar-refractivity contribution is 5.34. The molecule has 0 aromatic carbocycles. The Bertz CT molecular complexity index is 219. The van der Waals surface area contributed by atoms with Crippen molar-refractivity contribution >= 4 is 11.9 Å². The van der Waals surface area contributed by atoms with Crippen molar-refractivity contribution in [2.24, 2.45) is 0 Å². The molecule has 0 fully saturated rings. The molecule has 0 radical (unpaired) electrons. The molecule has 0 saturated heterocycles. The summed E-state index contributed by atoms with van der Waals surface area (Å²) in [5.41, 5.74) is 0. The van der Waals surface area contributed by atoms with Crippen molar-refractivity contribution in [1.29, 1.82) is 0 Å². The summed E-state index contributed by atoms with van der Waals surface area (Å²) in [6.07, 6.45) is 0. The van der Waals surface area contributed by atoms with Gasteiger partial charge in [-0.2, -0.15) is 0 Å². The Morgan fingerprint density at radius 2 is 2.27 bits per heavy atom. The number of hydrogen-bond acceptors (Lipinski definition) is 4. The third kappa shape index (κ3) is 1.60. The maximum Gasteiger partial charge on any atom is 0.225 e. The maximum absolute atomic E-state index is 3.92. The second kappa shape index (κ2) is 3.23. The summed E-state index contributed by atoms with van der Waals surface area (Å²) in [6, 6.07) is 0. The summed E-state index contributed by atoms with van der Waals surface area (Å²) in [4.78, 5) is 4.99. The molecule has 0 atom stereocenters. The van der Waals surface area contributed by atoms with Crippen molar-refractivity contribution in [3.8, 4) is 0 Å². The molecule has 62 valence electrons. The lowest BCUT2D eigenvalue weighted by Gasteiger charge is -2.10. The smallest absolute Gasteiger partial charge is 0.225 e. The molecule has 1 aromatic rings. The average molecular weight is 155 g/mol. The topological polar surface area (TPSA) is 56.8 Å². The molecule has 0 saturated carbocycles. The molecule has 11 heavy (non-hydrogen) atoms. The molecule has 0 aliphatic carbocycles. The van der Waals surface area contributed by atoms with Crippen LogP contribution in [0.2, 0.25) is 0 Å². The van der Waals surface area contributed by atoms with E-state index in [0.29, 0.717) is 5.95 Å². The van der Waals surface area contributed by atoms with E-state index >= 15 is 0 Å². The van der Waals surface area contributed by atoms with E-state index in [1.807, 2.05) is 11.9 Å². The molecule has 5 nitrogen and oxygen atoms in total. The highest BCUT2D eigenvalue weighted by Crippen LogP contribution is 2.05. The highest BCUT2D eigenvalue weighted by atomic mass is 15.4. The lowest BCUT2D eigenvalue weighted by Crippen LogP contribution is -2.17. The molecule has 0 aliphatic rings.